The zero-order valence-corrected chi connectivity index (χ0v) is 8.98. The minimum absolute atomic E-state index is 0.0423. The van der Waals surface area contributed by atoms with Crippen LogP contribution in [0.4, 0.5) is 0 Å². The average Bonchev–Trinajstić information content (AvgIpc) is 2.04. The zero-order chi connectivity index (χ0) is 10.4. The highest BCUT2D eigenvalue weighted by molar-refractivity contribution is 5.93. The lowest BCUT2D eigenvalue weighted by Crippen LogP contribution is -2.34. The molecular formula is C11H19NO. The second-order valence-corrected chi connectivity index (χ2v) is 3.53. The second-order valence-electron chi connectivity index (χ2n) is 3.53. The van der Waals surface area contributed by atoms with Crippen LogP contribution < -0.4 is 5.32 Å². The first-order chi connectivity index (χ1) is 6.02. The molecule has 0 bridgehead atoms. The van der Waals surface area contributed by atoms with Crippen molar-refractivity contribution in [1.29, 1.82) is 0 Å². The van der Waals surface area contributed by atoms with Gasteiger partial charge in [0.25, 0.3) is 5.91 Å². The van der Waals surface area contributed by atoms with Crippen LogP contribution in [0.1, 0.15) is 34.1 Å². The van der Waals surface area contributed by atoms with E-state index in [2.05, 4.69) is 17.6 Å². The van der Waals surface area contributed by atoms with E-state index in [1.807, 2.05) is 27.7 Å². The maximum absolute atomic E-state index is 11.5. The molecule has 13 heavy (non-hydrogen) atoms. The van der Waals surface area contributed by atoms with E-state index >= 15 is 0 Å². The number of nitrogens with one attached hydrogen (secondary N) is 1. The Morgan fingerprint density at radius 2 is 2.00 bits per heavy atom. The van der Waals surface area contributed by atoms with E-state index in [9.17, 15) is 4.79 Å². The van der Waals surface area contributed by atoms with Crippen LogP contribution in [0.2, 0.25) is 0 Å². The highest BCUT2D eigenvalue weighted by Crippen LogP contribution is 2.07. The number of carbonyl (C=O) groups excluding carboxylic acids is 1. The lowest BCUT2D eigenvalue weighted by atomic mass is 10.0. The molecule has 0 aliphatic rings. The number of rotatable bonds is 4. The molecule has 0 heterocycles. The molecule has 1 amide bonds. The third-order valence-corrected chi connectivity index (χ3v) is 2.00. The molecule has 0 saturated heterocycles. The minimum Gasteiger partial charge on any atom is -0.349 e. The van der Waals surface area contributed by atoms with Crippen molar-refractivity contribution in [2.75, 3.05) is 0 Å². The fourth-order valence-electron chi connectivity index (χ4n) is 0.950. The van der Waals surface area contributed by atoms with Crippen LogP contribution >= 0.6 is 0 Å². The van der Waals surface area contributed by atoms with Gasteiger partial charge >= 0.3 is 0 Å². The van der Waals surface area contributed by atoms with Crippen LogP contribution in [0.3, 0.4) is 0 Å². The van der Waals surface area contributed by atoms with E-state index in [1.165, 1.54) is 0 Å². The van der Waals surface area contributed by atoms with Crippen LogP contribution in [-0.4, -0.2) is 11.9 Å². The van der Waals surface area contributed by atoms with Gasteiger partial charge in [0.15, 0.2) is 0 Å². The van der Waals surface area contributed by atoms with E-state index in [1.54, 1.807) is 0 Å². The van der Waals surface area contributed by atoms with Gasteiger partial charge in [-0.25, -0.2) is 0 Å². The molecule has 0 fully saturated rings. The van der Waals surface area contributed by atoms with E-state index in [4.69, 9.17) is 0 Å². The number of hydrogen-bond donors (Lipinski definition) is 1. The van der Waals surface area contributed by atoms with E-state index < -0.39 is 0 Å². The largest absolute Gasteiger partial charge is 0.349 e. The zero-order valence-electron chi connectivity index (χ0n) is 8.98. The van der Waals surface area contributed by atoms with Crippen LogP contribution in [0.5, 0.6) is 0 Å². The van der Waals surface area contributed by atoms with E-state index in [0.29, 0.717) is 5.57 Å². The van der Waals surface area contributed by atoms with Gasteiger partial charge in [-0.3, -0.25) is 4.79 Å². The maximum atomic E-state index is 11.5. The molecule has 1 atom stereocenters. The molecule has 2 nitrogen and oxygen atoms in total. The Hall–Kier alpha value is -1.01. The molecule has 0 saturated carbocycles. The summed E-state index contributed by atoms with van der Waals surface area (Å²) in [7, 11) is 0. The van der Waals surface area contributed by atoms with Crippen molar-refractivity contribution in [1.82, 2.24) is 5.32 Å². The molecule has 1 N–H and O–H groups in total. The fourth-order valence-corrected chi connectivity index (χ4v) is 0.950. The van der Waals surface area contributed by atoms with Crippen molar-refractivity contribution in [3.05, 3.63) is 17.9 Å². The number of carbonyl (C=O) groups is 1. The normalized spacial score (nSPS) is 12.1. The average molecular weight is 181 g/mol. The molecule has 0 aromatic rings. The molecule has 0 radical (unpaired) electrons. The summed E-state index contributed by atoms with van der Waals surface area (Å²) >= 11 is 0. The van der Waals surface area contributed by atoms with E-state index in [-0.39, 0.29) is 17.9 Å². The third-order valence-electron chi connectivity index (χ3n) is 2.00. The van der Waals surface area contributed by atoms with Gasteiger partial charge in [0, 0.05) is 6.04 Å². The fraction of sp³-hybridized carbons (Fsp3) is 0.636. The lowest BCUT2D eigenvalue weighted by molar-refractivity contribution is -0.118. The van der Waals surface area contributed by atoms with Gasteiger partial charge in [0.2, 0.25) is 0 Å². The monoisotopic (exact) mass is 181 g/mol. The number of hydrogen-bond acceptors (Lipinski definition) is 1. The van der Waals surface area contributed by atoms with Crippen LogP contribution in [-0.2, 0) is 4.79 Å². The summed E-state index contributed by atoms with van der Waals surface area (Å²) in [5, 5.41) is 2.88. The molecule has 0 aromatic heterocycles. The van der Waals surface area contributed by atoms with Crippen LogP contribution in [0.15, 0.2) is 17.9 Å². The van der Waals surface area contributed by atoms with Crippen LogP contribution in [0, 0.1) is 5.92 Å². The Balaban J connectivity index is 4.33. The van der Waals surface area contributed by atoms with Crippen LogP contribution in [0.25, 0.3) is 0 Å². The topological polar surface area (TPSA) is 29.1 Å². The first-order valence-electron chi connectivity index (χ1n) is 4.73. The molecule has 0 aromatic carbocycles. The summed E-state index contributed by atoms with van der Waals surface area (Å²) in [6, 6.07) is 0.217. The van der Waals surface area contributed by atoms with Gasteiger partial charge in [-0.1, -0.05) is 27.4 Å². The Morgan fingerprint density at radius 1 is 1.46 bits per heavy atom. The van der Waals surface area contributed by atoms with Gasteiger partial charge in [-0.15, -0.1) is 5.73 Å². The summed E-state index contributed by atoms with van der Waals surface area (Å²) < 4.78 is 0. The molecule has 0 spiro atoms. The maximum Gasteiger partial charge on any atom is 0.255 e. The smallest absolute Gasteiger partial charge is 0.255 e. The molecule has 0 aliphatic carbocycles. The summed E-state index contributed by atoms with van der Waals surface area (Å²) in [4.78, 5) is 11.5. The van der Waals surface area contributed by atoms with Gasteiger partial charge in [0.05, 0.1) is 5.57 Å². The molecule has 2 heteroatoms. The number of amides is 1. The SMILES string of the molecule is C=C=C(C(=O)NC(C)CC)C(C)C. The Morgan fingerprint density at radius 3 is 2.31 bits per heavy atom. The second kappa shape index (κ2) is 5.60. The predicted molar refractivity (Wildman–Crippen MR) is 55.4 cm³/mol. The van der Waals surface area contributed by atoms with Crippen molar-refractivity contribution in [2.45, 2.75) is 40.2 Å². The lowest BCUT2D eigenvalue weighted by Gasteiger charge is -2.14. The molecular weight excluding hydrogens is 162 g/mol. The van der Waals surface area contributed by atoms with Crippen molar-refractivity contribution >= 4 is 5.91 Å². The first kappa shape index (κ1) is 12.0. The Labute approximate surface area is 80.7 Å². The molecule has 74 valence electrons. The minimum atomic E-state index is -0.0423. The van der Waals surface area contributed by atoms with Gasteiger partial charge in [0.1, 0.15) is 0 Å². The van der Waals surface area contributed by atoms with Crippen molar-refractivity contribution in [2.24, 2.45) is 5.92 Å². The van der Waals surface area contributed by atoms with Gasteiger partial charge < -0.3 is 5.32 Å². The molecule has 1 unspecified atom stereocenters. The molecule has 0 aliphatic heterocycles. The Bertz CT molecular complexity index is 224. The highest BCUT2D eigenvalue weighted by Gasteiger charge is 2.13. The quantitative estimate of drug-likeness (QED) is 0.523. The van der Waals surface area contributed by atoms with Gasteiger partial charge in [-0.2, -0.15) is 0 Å². The standard InChI is InChI=1S/C11H19NO/c1-6-9(5)12-11(13)10(7-2)8(3)4/h8-9H,2,6H2,1,3-5H3,(H,12,13). The third kappa shape index (κ3) is 3.95. The summed E-state index contributed by atoms with van der Waals surface area (Å²) in [5.74, 6) is 0.140. The van der Waals surface area contributed by atoms with Crippen molar-refractivity contribution in [3.8, 4) is 0 Å². The molecule has 0 rings (SSSR count). The summed E-state index contributed by atoms with van der Waals surface area (Å²) in [6.45, 7) is 11.5. The predicted octanol–water partition coefficient (Wildman–Crippen LogP) is 2.27. The Kier molecular flexibility index (Phi) is 5.17. The summed E-state index contributed by atoms with van der Waals surface area (Å²) in [5.41, 5.74) is 3.32. The van der Waals surface area contributed by atoms with Crippen molar-refractivity contribution in [3.63, 3.8) is 0 Å². The first-order valence-corrected chi connectivity index (χ1v) is 4.73. The highest BCUT2D eigenvalue weighted by atomic mass is 16.1. The van der Waals surface area contributed by atoms with Gasteiger partial charge in [-0.05, 0) is 19.3 Å². The van der Waals surface area contributed by atoms with E-state index in [0.717, 1.165) is 6.42 Å². The summed E-state index contributed by atoms with van der Waals surface area (Å²) in [6.07, 6.45) is 0.939. The van der Waals surface area contributed by atoms with Crippen molar-refractivity contribution < 1.29 is 4.79 Å².